The van der Waals surface area contributed by atoms with E-state index in [1.165, 1.54) is 25.3 Å². The zero-order valence-corrected chi connectivity index (χ0v) is 16.0. The van der Waals surface area contributed by atoms with E-state index >= 15 is 0 Å². The van der Waals surface area contributed by atoms with Crippen molar-refractivity contribution >= 4 is 23.1 Å². The van der Waals surface area contributed by atoms with Crippen molar-refractivity contribution in [3.63, 3.8) is 0 Å². The van der Waals surface area contributed by atoms with E-state index in [1.807, 2.05) is 6.07 Å². The normalized spacial score (nSPS) is 18.9. The molecule has 1 aromatic carbocycles. The van der Waals surface area contributed by atoms with Gasteiger partial charge in [-0.3, -0.25) is 0 Å². The minimum absolute atomic E-state index is 0.331. The quantitative estimate of drug-likeness (QED) is 0.633. The van der Waals surface area contributed by atoms with Gasteiger partial charge in [0.25, 0.3) is 0 Å². The summed E-state index contributed by atoms with van der Waals surface area (Å²) in [6.07, 6.45) is 9.21. The summed E-state index contributed by atoms with van der Waals surface area (Å²) in [6.45, 7) is 0.469. The molecule has 4 nitrogen and oxygen atoms in total. The Balaban J connectivity index is 1.56. The summed E-state index contributed by atoms with van der Waals surface area (Å²) in [7, 11) is 0. The van der Waals surface area contributed by atoms with Crippen LogP contribution in [-0.2, 0) is 0 Å². The average molecular weight is 390 g/mol. The van der Waals surface area contributed by atoms with Gasteiger partial charge in [0.05, 0.1) is 10.6 Å². The SMILES string of the molecule is OC1(CNc2ccc(F)c(-c3cc(NC4CCCCC4)ncc3Cl)c2)CC1. The highest BCUT2D eigenvalue weighted by molar-refractivity contribution is 6.33. The molecular formula is C21H25ClFN3O. The lowest BCUT2D eigenvalue weighted by molar-refractivity contribution is 0.164. The van der Waals surface area contributed by atoms with Crippen LogP contribution in [0, 0.1) is 5.82 Å². The highest BCUT2D eigenvalue weighted by Crippen LogP contribution is 2.36. The molecule has 0 bridgehead atoms. The third kappa shape index (κ3) is 4.53. The van der Waals surface area contributed by atoms with Crippen molar-refractivity contribution in [2.24, 2.45) is 0 Å². The molecule has 0 radical (unpaired) electrons. The van der Waals surface area contributed by atoms with Crippen LogP contribution in [0.1, 0.15) is 44.9 Å². The van der Waals surface area contributed by atoms with Gasteiger partial charge in [0, 0.05) is 35.6 Å². The minimum atomic E-state index is -0.611. The Kier molecular flexibility index (Phi) is 5.24. The van der Waals surface area contributed by atoms with E-state index in [0.717, 1.165) is 37.2 Å². The lowest BCUT2D eigenvalue weighted by atomic mass is 9.95. The topological polar surface area (TPSA) is 57.2 Å². The molecular weight excluding hydrogens is 365 g/mol. The molecule has 0 unspecified atom stereocenters. The smallest absolute Gasteiger partial charge is 0.131 e. The molecule has 2 aliphatic carbocycles. The molecule has 1 heterocycles. The van der Waals surface area contributed by atoms with Crippen LogP contribution in [0.25, 0.3) is 11.1 Å². The van der Waals surface area contributed by atoms with Crippen LogP contribution in [0.2, 0.25) is 5.02 Å². The van der Waals surface area contributed by atoms with E-state index in [4.69, 9.17) is 11.6 Å². The molecule has 2 aromatic rings. The van der Waals surface area contributed by atoms with Crippen LogP contribution in [0.15, 0.2) is 30.5 Å². The van der Waals surface area contributed by atoms with Crippen molar-refractivity contribution in [2.75, 3.05) is 17.2 Å². The number of nitrogens with zero attached hydrogens (tertiary/aromatic N) is 1. The van der Waals surface area contributed by atoms with E-state index < -0.39 is 5.60 Å². The molecule has 144 valence electrons. The number of benzene rings is 1. The summed E-state index contributed by atoms with van der Waals surface area (Å²) in [5, 5.41) is 17.1. The maximum Gasteiger partial charge on any atom is 0.131 e. The number of pyridine rings is 1. The standard InChI is InChI=1S/C21H25ClFN3O/c22-18-12-24-20(26-14-4-2-1-3-5-14)11-16(18)17-10-15(6-7-19(17)23)25-13-21(27)8-9-21/h6-7,10-12,14,25,27H,1-5,8-9,13H2,(H,24,26). The summed E-state index contributed by atoms with van der Waals surface area (Å²) in [5.41, 5.74) is 1.21. The van der Waals surface area contributed by atoms with Gasteiger partial charge in [-0.25, -0.2) is 9.37 Å². The Hall–Kier alpha value is -1.85. The Morgan fingerprint density at radius 1 is 1.15 bits per heavy atom. The molecule has 2 saturated carbocycles. The first-order valence-corrected chi connectivity index (χ1v) is 10.1. The fraction of sp³-hybridized carbons (Fsp3) is 0.476. The highest BCUT2D eigenvalue weighted by atomic mass is 35.5. The second-order valence-corrected chi connectivity index (χ2v) is 8.21. The van der Waals surface area contributed by atoms with Crippen molar-refractivity contribution in [3.8, 4) is 11.1 Å². The Bertz CT molecular complexity index is 819. The van der Waals surface area contributed by atoms with Crippen LogP contribution in [-0.4, -0.2) is 28.3 Å². The second-order valence-electron chi connectivity index (χ2n) is 7.80. The van der Waals surface area contributed by atoms with Crippen molar-refractivity contribution in [1.29, 1.82) is 0 Å². The molecule has 0 saturated heterocycles. The Labute approximate surface area is 164 Å². The van der Waals surface area contributed by atoms with Crippen molar-refractivity contribution < 1.29 is 9.50 Å². The van der Waals surface area contributed by atoms with E-state index in [9.17, 15) is 9.50 Å². The van der Waals surface area contributed by atoms with Crippen LogP contribution < -0.4 is 10.6 Å². The second kappa shape index (κ2) is 7.64. The van der Waals surface area contributed by atoms with Crippen molar-refractivity contribution in [3.05, 3.63) is 41.3 Å². The lowest BCUT2D eigenvalue weighted by Gasteiger charge is -2.23. The third-order valence-corrected chi connectivity index (χ3v) is 5.82. The number of hydrogen-bond acceptors (Lipinski definition) is 4. The molecule has 1 aromatic heterocycles. The maximum atomic E-state index is 14.5. The highest BCUT2D eigenvalue weighted by Gasteiger charge is 2.39. The van der Waals surface area contributed by atoms with Gasteiger partial charge in [-0.2, -0.15) is 0 Å². The van der Waals surface area contributed by atoms with E-state index in [2.05, 4.69) is 15.6 Å². The molecule has 27 heavy (non-hydrogen) atoms. The van der Waals surface area contributed by atoms with Crippen LogP contribution in [0.3, 0.4) is 0 Å². The van der Waals surface area contributed by atoms with Crippen LogP contribution in [0.4, 0.5) is 15.9 Å². The van der Waals surface area contributed by atoms with Gasteiger partial charge in [-0.05, 0) is 49.9 Å². The molecule has 4 rings (SSSR count). The number of aliphatic hydroxyl groups is 1. The van der Waals surface area contributed by atoms with Gasteiger partial charge < -0.3 is 15.7 Å². The molecule has 2 fully saturated rings. The number of aromatic nitrogens is 1. The fourth-order valence-electron chi connectivity index (χ4n) is 3.61. The van der Waals surface area contributed by atoms with Crippen molar-refractivity contribution in [2.45, 2.75) is 56.6 Å². The van der Waals surface area contributed by atoms with E-state index in [0.29, 0.717) is 28.7 Å². The van der Waals surface area contributed by atoms with Gasteiger partial charge in [0.2, 0.25) is 0 Å². The summed E-state index contributed by atoms with van der Waals surface area (Å²) < 4.78 is 14.5. The van der Waals surface area contributed by atoms with Gasteiger partial charge >= 0.3 is 0 Å². The average Bonchev–Trinajstić information content (AvgIpc) is 3.41. The summed E-state index contributed by atoms with van der Waals surface area (Å²) >= 11 is 6.34. The first-order valence-electron chi connectivity index (χ1n) is 9.71. The number of hydrogen-bond donors (Lipinski definition) is 3. The largest absolute Gasteiger partial charge is 0.388 e. The number of halogens is 2. The molecule has 0 atom stereocenters. The van der Waals surface area contributed by atoms with Gasteiger partial charge in [-0.1, -0.05) is 30.9 Å². The predicted molar refractivity (Wildman–Crippen MR) is 108 cm³/mol. The number of rotatable bonds is 6. The summed E-state index contributed by atoms with van der Waals surface area (Å²) in [6, 6.07) is 7.10. The predicted octanol–water partition coefficient (Wildman–Crippen LogP) is 5.22. The molecule has 0 aliphatic heterocycles. The molecule has 0 amide bonds. The third-order valence-electron chi connectivity index (χ3n) is 5.52. The van der Waals surface area contributed by atoms with Gasteiger partial charge in [0.1, 0.15) is 11.6 Å². The molecule has 6 heteroatoms. The van der Waals surface area contributed by atoms with Crippen molar-refractivity contribution in [1.82, 2.24) is 4.98 Å². The monoisotopic (exact) mass is 389 g/mol. The van der Waals surface area contributed by atoms with Crippen LogP contribution >= 0.6 is 11.6 Å². The Morgan fingerprint density at radius 3 is 2.67 bits per heavy atom. The van der Waals surface area contributed by atoms with Crippen LogP contribution in [0.5, 0.6) is 0 Å². The van der Waals surface area contributed by atoms with E-state index in [-0.39, 0.29) is 5.82 Å². The van der Waals surface area contributed by atoms with Gasteiger partial charge in [-0.15, -0.1) is 0 Å². The Morgan fingerprint density at radius 2 is 1.93 bits per heavy atom. The summed E-state index contributed by atoms with van der Waals surface area (Å²) in [4.78, 5) is 4.37. The first kappa shape index (κ1) is 18.5. The minimum Gasteiger partial charge on any atom is -0.388 e. The van der Waals surface area contributed by atoms with E-state index in [1.54, 1.807) is 18.3 Å². The fourth-order valence-corrected chi connectivity index (χ4v) is 3.81. The van der Waals surface area contributed by atoms with Gasteiger partial charge in [0.15, 0.2) is 0 Å². The lowest BCUT2D eigenvalue weighted by Crippen LogP contribution is -2.22. The molecule has 0 spiro atoms. The first-order chi connectivity index (χ1) is 13.0. The maximum absolute atomic E-state index is 14.5. The zero-order valence-electron chi connectivity index (χ0n) is 15.3. The number of nitrogens with one attached hydrogen (secondary N) is 2. The molecule has 2 aliphatic rings. The summed E-state index contributed by atoms with van der Waals surface area (Å²) in [5.74, 6) is 0.397. The molecule has 3 N–H and O–H groups in total. The zero-order chi connectivity index (χ0) is 18.9. The number of anilines is 2.